The molecule has 3 nitrogen and oxygen atoms in total. The van der Waals surface area contributed by atoms with Crippen LogP contribution in [0.2, 0.25) is 5.02 Å². The topological polar surface area (TPSA) is 43.7 Å². The van der Waals surface area contributed by atoms with E-state index in [0.717, 1.165) is 15.6 Å². The molecule has 2 aromatic rings. The second kappa shape index (κ2) is 7.27. The van der Waals surface area contributed by atoms with Gasteiger partial charge >= 0.3 is 0 Å². The summed E-state index contributed by atoms with van der Waals surface area (Å²) in [7, 11) is 1.92. The Kier molecular flexibility index (Phi) is 5.65. The van der Waals surface area contributed by atoms with Crippen LogP contribution in [-0.4, -0.2) is 28.8 Å². The fourth-order valence-corrected chi connectivity index (χ4v) is 2.87. The van der Waals surface area contributed by atoms with Crippen molar-refractivity contribution in [3.63, 3.8) is 0 Å². The van der Waals surface area contributed by atoms with Crippen LogP contribution in [0.3, 0.4) is 0 Å². The van der Waals surface area contributed by atoms with Crippen LogP contribution in [-0.2, 0) is 6.54 Å². The van der Waals surface area contributed by atoms with E-state index >= 15 is 0 Å². The highest BCUT2D eigenvalue weighted by atomic mass is 79.9. The number of nitrogens with zero attached hydrogens (tertiary/aromatic N) is 1. The van der Waals surface area contributed by atoms with Crippen LogP contribution in [0.15, 0.2) is 46.9 Å². The van der Waals surface area contributed by atoms with Gasteiger partial charge in [-0.25, -0.2) is 0 Å². The molecule has 0 aliphatic heterocycles. The predicted molar refractivity (Wildman–Crippen MR) is 88.6 cm³/mol. The van der Waals surface area contributed by atoms with Gasteiger partial charge in [0.1, 0.15) is 5.75 Å². The number of hydrogen-bond acceptors (Lipinski definition) is 3. The second-order valence-electron chi connectivity index (χ2n) is 4.94. The number of aliphatic hydroxyl groups excluding tert-OH is 1. The van der Waals surface area contributed by atoms with Gasteiger partial charge in [-0.05, 0) is 48.5 Å². The fraction of sp³-hybridized carbons (Fsp3) is 0.250. The number of phenolic OH excluding ortho intramolecular Hbond substituents is 1. The lowest BCUT2D eigenvalue weighted by molar-refractivity contribution is 0.142. The Morgan fingerprint density at radius 3 is 2.67 bits per heavy atom. The van der Waals surface area contributed by atoms with E-state index in [9.17, 15) is 10.2 Å². The molecular weight excluding hydrogens is 354 g/mol. The zero-order chi connectivity index (χ0) is 15.4. The lowest BCUT2D eigenvalue weighted by atomic mass is 10.1. The van der Waals surface area contributed by atoms with Crippen molar-refractivity contribution < 1.29 is 10.2 Å². The van der Waals surface area contributed by atoms with Crippen LogP contribution in [0, 0.1) is 0 Å². The van der Waals surface area contributed by atoms with Crippen molar-refractivity contribution in [1.29, 1.82) is 0 Å². The van der Waals surface area contributed by atoms with E-state index in [-0.39, 0.29) is 18.4 Å². The normalized spacial score (nSPS) is 12.6. The molecule has 0 fully saturated rings. The molecule has 0 spiro atoms. The summed E-state index contributed by atoms with van der Waals surface area (Å²) in [5, 5.41) is 19.9. The smallest absolute Gasteiger partial charge is 0.116 e. The number of likely N-dealkylation sites (N-methyl/N-ethyl adjacent to an activating group) is 1. The number of aromatic hydroxyl groups is 1. The predicted octanol–water partition coefficient (Wildman–Crippen LogP) is 3.97. The molecule has 0 aliphatic carbocycles. The molecule has 1 unspecified atom stereocenters. The lowest BCUT2D eigenvalue weighted by Gasteiger charge is -2.27. The van der Waals surface area contributed by atoms with Crippen LogP contribution in [0.25, 0.3) is 0 Å². The summed E-state index contributed by atoms with van der Waals surface area (Å²) in [6, 6.07) is 12.6. The van der Waals surface area contributed by atoms with Gasteiger partial charge in [0.15, 0.2) is 0 Å². The van der Waals surface area contributed by atoms with Crippen molar-refractivity contribution >= 4 is 27.5 Å². The van der Waals surface area contributed by atoms with Crippen LogP contribution >= 0.6 is 27.5 Å². The maximum atomic E-state index is 9.70. The molecule has 0 saturated carbocycles. The SMILES string of the molecule is CN(Cc1cc(O)ccc1Cl)C(CO)c1cccc(Br)c1. The first-order valence-corrected chi connectivity index (χ1v) is 7.72. The van der Waals surface area contributed by atoms with Crippen LogP contribution in [0.1, 0.15) is 17.2 Å². The van der Waals surface area contributed by atoms with Crippen molar-refractivity contribution in [3.8, 4) is 5.75 Å². The summed E-state index contributed by atoms with van der Waals surface area (Å²) in [6.45, 7) is 0.536. The Hall–Kier alpha value is -1.07. The fourth-order valence-electron chi connectivity index (χ4n) is 2.27. The van der Waals surface area contributed by atoms with Crippen molar-refractivity contribution in [3.05, 3.63) is 63.1 Å². The molecule has 2 aromatic carbocycles. The third-order valence-corrected chi connectivity index (χ3v) is 4.25. The molecule has 2 N–H and O–H groups in total. The van der Waals surface area contributed by atoms with Crippen LogP contribution in [0.4, 0.5) is 0 Å². The van der Waals surface area contributed by atoms with Crippen LogP contribution < -0.4 is 0 Å². The van der Waals surface area contributed by atoms with Crippen molar-refractivity contribution in [1.82, 2.24) is 4.90 Å². The number of rotatable bonds is 5. The molecule has 0 aromatic heterocycles. The van der Waals surface area contributed by atoms with E-state index in [0.29, 0.717) is 11.6 Å². The zero-order valence-corrected chi connectivity index (χ0v) is 14.0. The van der Waals surface area contributed by atoms with E-state index < -0.39 is 0 Å². The van der Waals surface area contributed by atoms with Gasteiger partial charge in [0.05, 0.1) is 12.6 Å². The highest BCUT2D eigenvalue weighted by Gasteiger charge is 2.17. The van der Waals surface area contributed by atoms with Gasteiger partial charge in [-0.3, -0.25) is 4.90 Å². The third kappa shape index (κ3) is 4.20. The monoisotopic (exact) mass is 369 g/mol. The minimum Gasteiger partial charge on any atom is -0.508 e. The number of phenols is 1. The van der Waals surface area contributed by atoms with Gasteiger partial charge in [-0.15, -0.1) is 0 Å². The first kappa shape index (κ1) is 16.3. The molecule has 112 valence electrons. The minimum atomic E-state index is -0.138. The Morgan fingerprint density at radius 2 is 2.00 bits per heavy atom. The third-order valence-electron chi connectivity index (χ3n) is 3.39. The van der Waals surface area contributed by atoms with Crippen molar-refractivity contribution in [2.24, 2.45) is 0 Å². The van der Waals surface area contributed by atoms with Gasteiger partial charge < -0.3 is 10.2 Å². The molecule has 0 amide bonds. The summed E-state index contributed by atoms with van der Waals surface area (Å²) in [6.07, 6.45) is 0. The van der Waals surface area contributed by atoms with Gasteiger partial charge in [0.25, 0.3) is 0 Å². The molecular formula is C16H17BrClNO2. The molecule has 0 saturated heterocycles. The van der Waals surface area contributed by atoms with Gasteiger partial charge in [0, 0.05) is 16.0 Å². The summed E-state index contributed by atoms with van der Waals surface area (Å²) in [4.78, 5) is 2.00. The number of aliphatic hydroxyl groups is 1. The van der Waals surface area contributed by atoms with Gasteiger partial charge in [0.2, 0.25) is 0 Å². The maximum Gasteiger partial charge on any atom is 0.116 e. The Bertz CT molecular complexity index is 621. The summed E-state index contributed by atoms with van der Waals surface area (Å²) < 4.78 is 0.974. The average molecular weight is 371 g/mol. The summed E-state index contributed by atoms with van der Waals surface area (Å²) in [5.41, 5.74) is 1.85. The molecule has 0 heterocycles. The van der Waals surface area contributed by atoms with Crippen LogP contribution in [0.5, 0.6) is 5.75 Å². The molecule has 1 atom stereocenters. The van der Waals surface area contributed by atoms with E-state index in [1.165, 1.54) is 0 Å². The Morgan fingerprint density at radius 1 is 1.24 bits per heavy atom. The quantitative estimate of drug-likeness (QED) is 0.837. The maximum absolute atomic E-state index is 9.70. The van der Waals surface area contributed by atoms with Crippen molar-refractivity contribution in [2.45, 2.75) is 12.6 Å². The van der Waals surface area contributed by atoms with Gasteiger partial charge in [-0.2, -0.15) is 0 Å². The summed E-state index contributed by atoms with van der Waals surface area (Å²) in [5.74, 6) is 0.186. The van der Waals surface area contributed by atoms with E-state index in [1.807, 2.05) is 36.2 Å². The number of benzene rings is 2. The lowest BCUT2D eigenvalue weighted by Crippen LogP contribution is -2.27. The number of hydrogen-bond donors (Lipinski definition) is 2. The molecule has 2 rings (SSSR count). The number of halogens is 2. The molecule has 5 heteroatoms. The Balaban J connectivity index is 2.20. The van der Waals surface area contributed by atoms with E-state index in [4.69, 9.17) is 11.6 Å². The molecule has 0 aliphatic rings. The first-order valence-electron chi connectivity index (χ1n) is 6.55. The summed E-state index contributed by atoms with van der Waals surface area (Å²) >= 11 is 9.59. The minimum absolute atomic E-state index is 0.00336. The highest BCUT2D eigenvalue weighted by Crippen LogP contribution is 2.27. The van der Waals surface area contributed by atoms with Gasteiger partial charge in [-0.1, -0.05) is 39.7 Å². The standard InChI is InChI=1S/C16H17BrClNO2/c1-19(9-12-8-14(21)5-6-15(12)18)16(10-20)11-3-2-4-13(17)7-11/h2-8,16,20-21H,9-10H2,1H3. The second-order valence-corrected chi connectivity index (χ2v) is 6.27. The molecule has 0 radical (unpaired) electrons. The average Bonchev–Trinajstić information content (AvgIpc) is 2.44. The van der Waals surface area contributed by atoms with Crippen molar-refractivity contribution in [2.75, 3.05) is 13.7 Å². The van der Waals surface area contributed by atoms with E-state index in [2.05, 4.69) is 15.9 Å². The Labute approximate surface area is 137 Å². The van der Waals surface area contributed by atoms with E-state index in [1.54, 1.807) is 18.2 Å². The zero-order valence-electron chi connectivity index (χ0n) is 11.6. The highest BCUT2D eigenvalue weighted by molar-refractivity contribution is 9.10. The molecule has 21 heavy (non-hydrogen) atoms. The molecule has 0 bridgehead atoms. The largest absolute Gasteiger partial charge is 0.508 e. The first-order chi connectivity index (χ1) is 10.0.